The Kier molecular flexibility index (Phi) is 4.11. The molecule has 2 rings (SSSR count). The van der Waals surface area contributed by atoms with Gasteiger partial charge in [0.05, 0.1) is 11.9 Å². The first-order valence-corrected chi connectivity index (χ1v) is 7.39. The molecule has 0 saturated heterocycles. The van der Waals surface area contributed by atoms with Gasteiger partial charge in [-0.15, -0.1) is 0 Å². The minimum Gasteiger partial charge on any atom is -0.387 e. The minimum atomic E-state index is -0.0852. The van der Waals surface area contributed by atoms with Gasteiger partial charge in [-0.05, 0) is 31.2 Å². The maximum Gasteiger partial charge on any atom is 0.269 e. The molecule has 0 atom stereocenters. The summed E-state index contributed by atoms with van der Waals surface area (Å²) in [5.74, 6) is -0.0852. The maximum atomic E-state index is 11.9. The van der Waals surface area contributed by atoms with Crippen LogP contribution in [-0.4, -0.2) is 35.5 Å². The van der Waals surface area contributed by atoms with Crippen LogP contribution in [0, 0.1) is 0 Å². The molecule has 4 nitrogen and oxygen atoms in total. The van der Waals surface area contributed by atoms with Crippen molar-refractivity contribution < 1.29 is 4.79 Å². The second-order valence-electron chi connectivity index (χ2n) is 4.61. The Morgan fingerprint density at radius 3 is 2.72 bits per heavy atom. The number of carbonyl (C=O) groups is 1. The summed E-state index contributed by atoms with van der Waals surface area (Å²) in [5.41, 5.74) is 1.38. The number of amides is 1. The fourth-order valence-corrected chi connectivity index (χ4v) is 2.95. The van der Waals surface area contributed by atoms with Crippen LogP contribution in [-0.2, 0) is 0 Å². The summed E-state index contributed by atoms with van der Waals surface area (Å²) in [5, 5.41) is 5.97. The van der Waals surface area contributed by atoms with Crippen molar-refractivity contribution >= 4 is 23.4 Å². The average Bonchev–Trinajstić information content (AvgIpc) is 2.38. The zero-order valence-corrected chi connectivity index (χ0v) is 11.6. The third-order valence-corrected chi connectivity index (χ3v) is 4.97. The molecule has 1 heterocycles. The van der Waals surface area contributed by atoms with Crippen LogP contribution in [0.15, 0.2) is 18.3 Å². The third-order valence-electron chi connectivity index (χ3n) is 3.55. The van der Waals surface area contributed by atoms with E-state index < -0.39 is 0 Å². The van der Waals surface area contributed by atoms with Crippen LogP contribution in [0.2, 0.25) is 0 Å². The lowest BCUT2D eigenvalue weighted by molar-refractivity contribution is 0.0939. The number of anilines is 1. The van der Waals surface area contributed by atoms with Gasteiger partial charge in [-0.1, -0.05) is 6.42 Å². The Bertz CT molecular complexity index is 409. The van der Waals surface area contributed by atoms with Crippen molar-refractivity contribution in [3.05, 3.63) is 24.0 Å². The summed E-state index contributed by atoms with van der Waals surface area (Å²) in [7, 11) is 1.83. The van der Waals surface area contributed by atoms with Crippen molar-refractivity contribution in [1.82, 2.24) is 10.3 Å². The summed E-state index contributed by atoms with van der Waals surface area (Å²) in [6.07, 6.45) is 7.45. The van der Waals surface area contributed by atoms with E-state index in [4.69, 9.17) is 0 Å². The molecule has 0 aliphatic heterocycles. The van der Waals surface area contributed by atoms with Crippen molar-refractivity contribution in [3.63, 3.8) is 0 Å². The molecule has 18 heavy (non-hydrogen) atoms. The number of hydrogen-bond acceptors (Lipinski definition) is 4. The lowest BCUT2D eigenvalue weighted by Gasteiger charge is -2.40. The second-order valence-corrected chi connectivity index (χ2v) is 5.88. The largest absolute Gasteiger partial charge is 0.387 e. The molecule has 0 aromatic carbocycles. The van der Waals surface area contributed by atoms with Gasteiger partial charge in [0.25, 0.3) is 5.91 Å². The van der Waals surface area contributed by atoms with Crippen molar-refractivity contribution in [3.8, 4) is 0 Å². The smallest absolute Gasteiger partial charge is 0.269 e. The van der Waals surface area contributed by atoms with Gasteiger partial charge >= 0.3 is 0 Å². The zero-order chi connectivity index (χ0) is 13.0. The van der Waals surface area contributed by atoms with Crippen LogP contribution >= 0.6 is 11.8 Å². The fraction of sp³-hybridized carbons (Fsp3) is 0.538. The van der Waals surface area contributed by atoms with E-state index in [-0.39, 0.29) is 10.7 Å². The predicted molar refractivity (Wildman–Crippen MR) is 76.2 cm³/mol. The number of nitrogens with one attached hydrogen (secondary N) is 2. The molecule has 1 saturated carbocycles. The van der Waals surface area contributed by atoms with Gasteiger partial charge in [-0.3, -0.25) is 4.79 Å². The molecule has 1 aromatic rings. The molecule has 1 aliphatic rings. The second kappa shape index (κ2) is 5.61. The Hall–Kier alpha value is -1.23. The molecular weight excluding hydrogens is 246 g/mol. The zero-order valence-electron chi connectivity index (χ0n) is 10.8. The standard InChI is InChI=1S/C13H19N3OS/c1-14-10-4-5-11(15-8-10)12(17)16-9-13(18-2)6-3-7-13/h4-5,8,14H,3,6-7,9H2,1-2H3,(H,16,17). The van der Waals surface area contributed by atoms with E-state index in [0.29, 0.717) is 5.69 Å². The molecule has 0 radical (unpaired) electrons. The summed E-state index contributed by atoms with van der Waals surface area (Å²) >= 11 is 1.86. The third kappa shape index (κ3) is 2.77. The van der Waals surface area contributed by atoms with Crippen molar-refractivity contribution in [2.45, 2.75) is 24.0 Å². The normalized spacial score (nSPS) is 16.8. The Morgan fingerprint density at radius 2 is 2.28 bits per heavy atom. The summed E-state index contributed by atoms with van der Waals surface area (Å²) in [6, 6.07) is 3.60. The highest BCUT2D eigenvalue weighted by atomic mass is 32.2. The summed E-state index contributed by atoms with van der Waals surface area (Å²) < 4.78 is 0.264. The van der Waals surface area contributed by atoms with E-state index in [1.807, 2.05) is 24.9 Å². The van der Waals surface area contributed by atoms with Crippen LogP contribution in [0.3, 0.4) is 0 Å². The van der Waals surface area contributed by atoms with Crippen LogP contribution in [0.5, 0.6) is 0 Å². The molecule has 0 bridgehead atoms. The SMILES string of the molecule is CNc1ccc(C(=O)NCC2(SC)CCC2)nc1. The number of carbonyl (C=O) groups excluding carboxylic acids is 1. The lowest BCUT2D eigenvalue weighted by atomic mass is 9.84. The molecule has 5 heteroatoms. The Labute approximate surface area is 112 Å². The first kappa shape index (κ1) is 13.2. The first-order chi connectivity index (χ1) is 8.69. The van der Waals surface area contributed by atoms with E-state index >= 15 is 0 Å². The van der Waals surface area contributed by atoms with Gasteiger partial charge in [0.15, 0.2) is 0 Å². The van der Waals surface area contributed by atoms with Crippen molar-refractivity contribution in [1.29, 1.82) is 0 Å². The van der Waals surface area contributed by atoms with Gasteiger partial charge in [-0.2, -0.15) is 11.8 Å². The van der Waals surface area contributed by atoms with Gasteiger partial charge in [0, 0.05) is 18.3 Å². The average molecular weight is 265 g/mol. The Morgan fingerprint density at radius 1 is 1.50 bits per heavy atom. The molecule has 0 spiro atoms. The van der Waals surface area contributed by atoms with Crippen LogP contribution < -0.4 is 10.6 Å². The highest BCUT2D eigenvalue weighted by molar-refractivity contribution is 8.00. The number of nitrogens with zero attached hydrogens (tertiary/aromatic N) is 1. The fourth-order valence-electron chi connectivity index (χ4n) is 2.03. The lowest BCUT2D eigenvalue weighted by Crippen LogP contribution is -2.45. The highest BCUT2D eigenvalue weighted by Crippen LogP contribution is 2.42. The predicted octanol–water partition coefficient (Wildman–Crippen LogP) is 2.14. The quantitative estimate of drug-likeness (QED) is 0.856. The molecule has 0 unspecified atom stereocenters. The van der Waals surface area contributed by atoms with Crippen molar-refractivity contribution in [2.24, 2.45) is 0 Å². The van der Waals surface area contributed by atoms with Crippen LogP contribution in [0.25, 0.3) is 0 Å². The number of pyridine rings is 1. The van der Waals surface area contributed by atoms with E-state index in [1.54, 1.807) is 12.3 Å². The van der Waals surface area contributed by atoms with E-state index in [9.17, 15) is 4.79 Å². The maximum absolute atomic E-state index is 11.9. The summed E-state index contributed by atoms with van der Waals surface area (Å²) in [4.78, 5) is 16.1. The number of thioether (sulfide) groups is 1. The van der Waals surface area contributed by atoms with E-state index in [1.165, 1.54) is 19.3 Å². The monoisotopic (exact) mass is 265 g/mol. The number of rotatable bonds is 5. The minimum absolute atomic E-state index is 0.0852. The Balaban J connectivity index is 1.90. The summed E-state index contributed by atoms with van der Waals surface area (Å²) in [6.45, 7) is 0.739. The van der Waals surface area contributed by atoms with Gasteiger partial charge in [0.2, 0.25) is 0 Å². The molecule has 1 amide bonds. The molecule has 1 aromatic heterocycles. The first-order valence-electron chi connectivity index (χ1n) is 6.16. The van der Waals surface area contributed by atoms with Crippen LogP contribution in [0.1, 0.15) is 29.8 Å². The molecule has 98 valence electrons. The van der Waals surface area contributed by atoms with Gasteiger partial charge < -0.3 is 10.6 Å². The topological polar surface area (TPSA) is 54.0 Å². The van der Waals surface area contributed by atoms with E-state index in [2.05, 4.69) is 21.9 Å². The molecular formula is C13H19N3OS. The molecule has 1 fully saturated rings. The molecule has 2 N–H and O–H groups in total. The van der Waals surface area contributed by atoms with Crippen LogP contribution in [0.4, 0.5) is 5.69 Å². The number of hydrogen-bond donors (Lipinski definition) is 2. The van der Waals surface area contributed by atoms with Gasteiger partial charge in [-0.25, -0.2) is 4.98 Å². The van der Waals surface area contributed by atoms with E-state index in [0.717, 1.165) is 12.2 Å². The van der Waals surface area contributed by atoms with Crippen molar-refractivity contribution in [2.75, 3.05) is 25.2 Å². The highest BCUT2D eigenvalue weighted by Gasteiger charge is 2.36. The number of aromatic nitrogens is 1. The molecule has 1 aliphatic carbocycles. The van der Waals surface area contributed by atoms with Gasteiger partial charge in [0.1, 0.15) is 5.69 Å².